The maximum absolute atomic E-state index is 13.5. The molecule has 1 atom stereocenters. The lowest BCUT2D eigenvalue weighted by Gasteiger charge is -2.18. The van der Waals surface area contributed by atoms with E-state index in [0.717, 1.165) is 22.4 Å². The zero-order chi connectivity index (χ0) is 15.2. The average Bonchev–Trinajstić information content (AvgIpc) is 2.72. The van der Waals surface area contributed by atoms with Crippen LogP contribution in [-0.4, -0.2) is 6.61 Å². The van der Waals surface area contributed by atoms with E-state index in [1.165, 1.54) is 12.1 Å². The third kappa shape index (κ3) is 2.70. The Morgan fingerprint density at radius 2 is 1.95 bits per heavy atom. The van der Waals surface area contributed by atoms with Crippen LogP contribution in [0.4, 0.5) is 4.39 Å². The highest BCUT2D eigenvalue weighted by atomic mass is 79.9. The molecule has 0 aliphatic carbocycles. The molecular formula is C17H17BrFNO. The second kappa shape index (κ2) is 5.11. The molecule has 110 valence electrons. The molecule has 0 saturated carbocycles. The zero-order valence-electron chi connectivity index (χ0n) is 12.0. The first-order valence-corrected chi connectivity index (χ1v) is 7.65. The summed E-state index contributed by atoms with van der Waals surface area (Å²) < 4.78 is 19.9. The second-order valence-electron chi connectivity index (χ2n) is 6.11. The van der Waals surface area contributed by atoms with E-state index < -0.39 is 0 Å². The van der Waals surface area contributed by atoms with Crippen LogP contribution in [0, 0.1) is 5.82 Å². The Labute approximate surface area is 132 Å². The smallest absolute Gasteiger partial charge is 0.124 e. The van der Waals surface area contributed by atoms with Crippen LogP contribution in [0.3, 0.4) is 0 Å². The molecule has 0 fully saturated rings. The summed E-state index contributed by atoms with van der Waals surface area (Å²) in [6.07, 6.45) is 0. The van der Waals surface area contributed by atoms with Crippen molar-refractivity contribution in [2.75, 3.05) is 6.61 Å². The van der Waals surface area contributed by atoms with E-state index >= 15 is 0 Å². The molecule has 2 N–H and O–H groups in total. The zero-order valence-corrected chi connectivity index (χ0v) is 13.6. The Kier molecular flexibility index (Phi) is 3.54. The van der Waals surface area contributed by atoms with Gasteiger partial charge in [0.1, 0.15) is 11.6 Å². The quantitative estimate of drug-likeness (QED) is 0.876. The number of rotatable bonds is 2. The van der Waals surface area contributed by atoms with Gasteiger partial charge in [0.15, 0.2) is 0 Å². The van der Waals surface area contributed by atoms with E-state index in [2.05, 4.69) is 35.8 Å². The summed E-state index contributed by atoms with van der Waals surface area (Å²) in [4.78, 5) is 0. The normalized spacial score (nSPS) is 17.2. The first-order chi connectivity index (χ1) is 9.87. The highest BCUT2D eigenvalue weighted by Gasteiger charge is 2.32. The van der Waals surface area contributed by atoms with Crippen molar-refractivity contribution < 1.29 is 9.13 Å². The number of hydrogen-bond acceptors (Lipinski definition) is 2. The topological polar surface area (TPSA) is 35.2 Å². The Balaban J connectivity index is 2.01. The summed E-state index contributed by atoms with van der Waals surface area (Å²) in [6, 6.07) is 10.4. The SMILES string of the molecule is CC1(C)COc2ccc(C(N)c3cc(F)cc(Br)c3)cc21. The number of hydrogen-bond donors (Lipinski definition) is 1. The molecule has 3 rings (SSSR count). The summed E-state index contributed by atoms with van der Waals surface area (Å²) in [5, 5.41) is 0. The molecule has 2 aromatic carbocycles. The Bertz CT molecular complexity index is 679. The molecule has 4 heteroatoms. The number of fused-ring (bicyclic) bond motifs is 1. The van der Waals surface area contributed by atoms with Gasteiger partial charge in [0, 0.05) is 15.5 Å². The predicted octanol–water partition coefficient (Wildman–Crippen LogP) is 4.31. The van der Waals surface area contributed by atoms with Gasteiger partial charge >= 0.3 is 0 Å². The monoisotopic (exact) mass is 349 g/mol. The molecule has 2 nitrogen and oxygen atoms in total. The average molecular weight is 350 g/mol. The summed E-state index contributed by atoms with van der Waals surface area (Å²) in [7, 11) is 0. The molecule has 0 aromatic heterocycles. The highest BCUT2D eigenvalue weighted by Crippen LogP contribution is 2.40. The molecule has 21 heavy (non-hydrogen) atoms. The minimum absolute atomic E-state index is 0.0203. The summed E-state index contributed by atoms with van der Waals surface area (Å²) >= 11 is 3.31. The fourth-order valence-electron chi connectivity index (χ4n) is 2.68. The number of halogens is 2. The Morgan fingerprint density at radius 1 is 1.19 bits per heavy atom. The van der Waals surface area contributed by atoms with Crippen molar-refractivity contribution in [3.8, 4) is 5.75 Å². The molecule has 0 bridgehead atoms. The predicted molar refractivity (Wildman–Crippen MR) is 85.1 cm³/mol. The van der Waals surface area contributed by atoms with Crippen LogP contribution < -0.4 is 10.5 Å². The van der Waals surface area contributed by atoms with Crippen molar-refractivity contribution in [2.45, 2.75) is 25.3 Å². The number of ether oxygens (including phenoxy) is 1. The molecule has 0 amide bonds. The Hall–Kier alpha value is -1.39. The number of nitrogens with two attached hydrogens (primary N) is 1. The molecule has 0 spiro atoms. The van der Waals surface area contributed by atoms with Gasteiger partial charge in [-0.1, -0.05) is 35.8 Å². The van der Waals surface area contributed by atoms with Crippen molar-refractivity contribution in [1.82, 2.24) is 0 Å². The van der Waals surface area contributed by atoms with Gasteiger partial charge in [-0.05, 0) is 41.5 Å². The van der Waals surface area contributed by atoms with Crippen LogP contribution in [0.2, 0.25) is 0 Å². The first kappa shape index (κ1) is 14.5. The lowest BCUT2D eigenvalue weighted by atomic mass is 9.85. The largest absolute Gasteiger partial charge is 0.492 e. The van der Waals surface area contributed by atoms with Gasteiger partial charge in [-0.3, -0.25) is 0 Å². The van der Waals surface area contributed by atoms with E-state index in [1.807, 2.05) is 18.2 Å². The lowest BCUT2D eigenvalue weighted by Crippen LogP contribution is -2.19. The molecule has 1 aliphatic rings. The van der Waals surface area contributed by atoms with Crippen LogP contribution in [0.25, 0.3) is 0 Å². The van der Waals surface area contributed by atoms with Gasteiger partial charge in [-0.2, -0.15) is 0 Å². The third-order valence-electron chi connectivity index (χ3n) is 3.92. The van der Waals surface area contributed by atoms with Crippen molar-refractivity contribution in [3.05, 3.63) is 63.4 Å². The highest BCUT2D eigenvalue weighted by molar-refractivity contribution is 9.10. The lowest BCUT2D eigenvalue weighted by molar-refractivity contribution is 0.291. The molecule has 1 unspecified atom stereocenters. The molecular weight excluding hydrogens is 333 g/mol. The fraction of sp³-hybridized carbons (Fsp3) is 0.294. The van der Waals surface area contributed by atoms with Crippen molar-refractivity contribution in [2.24, 2.45) is 5.73 Å². The van der Waals surface area contributed by atoms with Crippen LogP contribution in [0.1, 0.15) is 36.6 Å². The molecule has 0 radical (unpaired) electrons. The minimum Gasteiger partial charge on any atom is -0.492 e. The van der Waals surface area contributed by atoms with Crippen LogP contribution in [0.15, 0.2) is 40.9 Å². The van der Waals surface area contributed by atoms with Crippen molar-refractivity contribution in [3.63, 3.8) is 0 Å². The van der Waals surface area contributed by atoms with E-state index in [1.54, 1.807) is 0 Å². The van der Waals surface area contributed by atoms with E-state index in [4.69, 9.17) is 10.5 Å². The fourth-order valence-corrected chi connectivity index (χ4v) is 3.16. The molecule has 0 saturated heterocycles. The summed E-state index contributed by atoms with van der Waals surface area (Å²) in [5.74, 6) is 0.621. The van der Waals surface area contributed by atoms with Gasteiger partial charge in [0.05, 0.1) is 12.6 Å². The van der Waals surface area contributed by atoms with E-state index in [9.17, 15) is 4.39 Å². The minimum atomic E-state index is -0.362. The van der Waals surface area contributed by atoms with Gasteiger partial charge in [0.25, 0.3) is 0 Å². The summed E-state index contributed by atoms with van der Waals surface area (Å²) in [6.45, 7) is 4.96. The first-order valence-electron chi connectivity index (χ1n) is 6.86. The molecule has 1 heterocycles. The van der Waals surface area contributed by atoms with Crippen molar-refractivity contribution in [1.29, 1.82) is 0 Å². The van der Waals surface area contributed by atoms with Gasteiger partial charge in [-0.15, -0.1) is 0 Å². The van der Waals surface area contributed by atoms with Crippen LogP contribution in [0.5, 0.6) is 5.75 Å². The Morgan fingerprint density at radius 3 is 2.67 bits per heavy atom. The van der Waals surface area contributed by atoms with E-state index in [0.29, 0.717) is 11.1 Å². The third-order valence-corrected chi connectivity index (χ3v) is 4.38. The van der Waals surface area contributed by atoms with E-state index in [-0.39, 0.29) is 17.3 Å². The molecule has 1 aliphatic heterocycles. The maximum atomic E-state index is 13.5. The van der Waals surface area contributed by atoms with Crippen molar-refractivity contribution >= 4 is 15.9 Å². The maximum Gasteiger partial charge on any atom is 0.124 e. The van der Waals surface area contributed by atoms with Gasteiger partial charge in [0.2, 0.25) is 0 Å². The molecule has 2 aromatic rings. The van der Waals surface area contributed by atoms with Crippen LogP contribution in [-0.2, 0) is 5.41 Å². The van der Waals surface area contributed by atoms with Gasteiger partial charge in [-0.25, -0.2) is 4.39 Å². The van der Waals surface area contributed by atoms with Gasteiger partial charge < -0.3 is 10.5 Å². The number of benzene rings is 2. The second-order valence-corrected chi connectivity index (χ2v) is 7.02. The summed E-state index contributed by atoms with van der Waals surface area (Å²) in [5.41, 5.74) is 9.16. The van der Waals surface area contributed by atoms with Crippen LogP contribution >= 0.6 is 15.9 Å². The standard InChI is InChI=1S/C17H17BrFNO/c1-17(2)9-21-15-4-3-10(7-14(15)17)16(20)11-5-12(18)8-13(19)6-11/h3-8,16H,9,20H2,1-2H3.